The maximum atomic E-state index is 12.2. The summed E-state index contributed by atoms with van der Waals surface area (Å²) in [7, 11) is 0. The van der Waals surface area contributed by atoms with Crippen molar-refractivity contribution >= 4 is 6.29 Å². The summed E-state index contributed by atoms with van der Waals surface area (Å²) in [6.07, 6.45) is -2.83. The number of halogens is 3. The minimum absolute atomic E-state index is 0.0155. The third-order valence-corrected chi connectivity index (χ3v) is 3.09. The second-order valence-electron chi connectivity index (χ2n) is 4.43. The van der Waals surface area contributed by atoms with E-state index in [1.165, 1.54) is 0 Å². The van der Waals surface area contributed by atoms with E-state index in [1.54, 1.807) is 4.90 Å². The number of aromatic amines is 1. The number of rotatable bonds is 3. The Morgan fingerprint density at radius 2 is 2.22 bits per heavy atom. The predicted octanol–water partition coefficient (Wildman–Crippen LogP) is 1.92. The normalized spacial score (nSPS) is 17.3. The lowest BCUT2D eigenvalue weighted by Crippen LogP contribution is -2.28. The molecule has 1 aromatic rings. The Labute approximate surface area is 102 Å². The fourth-order valence-electron chi connectivity index (χ4n) is 2.18. The molecular formula is C11H14F3N3O. The number of aldehydes is 1. The zero-order chi connectivity index (χ0) is 13.2. The van der Waals surface area contributed by atoms with Crippen molar-refractivity contribution < 1.29 is 18.0 Å². The van der Waals surface area contributed by atoms with Gasteiger partial charge in [-0.25, -0.2) is 0 Å². The van der Waals surface area contributed by atoms with E-state index in [1.807, 2.05) is 0 Å². The molecule has 2 heterocycles. The molecule has 0 aliphatic carbocycles. The maximum Gasteiger partial charge on any atom is 0.390 e. The molecule has 0 aromatic carbocycles. The van der Waals surface area contributed by atoms with Crippen molar-refractivity contribution in [2.75, 3.05) is 13.1 Å². The molecule has 0 amide bonds. The molecule has 0 atom stereocenters. The quantitative estimate of drug-likeness (QED) is 0.846. The zero-order valence-corrected chi connectivity index (χ0v) is 9.76. The second-order valence-corrected chi connectivity index (χ2v) is 4.43. The molecule has 1 aliphatic rings. The number of fused-ring (bicyclic) bond motifs is 1. The summed E-state index contributed by atoms with van der Waals surface area (Å²) in [5.41, 5.74) is 1.99. The van der Waals surface area contributed by atoms with Gasteiger partial charge in [0.15, 0.2) is 6.29 Å². The Morgan fingerprint density at radius 1 is 1.44 bits per heavy atom. The topological polar surface area (TPSA) is 49.0 Å². The molecule has 1 N–H and O–H groups in total. The second kappa shape index (κ2) is 5.09. The first-order valence-electron chi connectivity index (χ1n) is 5.80. The average molecular weight is 261 g/mol. The number of alkyl halides is 3. The Bertz CT molecular complexity index is 428. The molecular weight excluding hydrogens is 247 g/mol. The largest absolute Gasteiger partial charge is 0.390 e. The lowest BCUT2D eigenvalue weighted by Gasteiger charge is -2.20. The van der Waals surface area contributed by atoms with E-state index in [9.17, 15) is 18.0 Å². The Balaban J connectivity index is 2.03. The molecule has 0 radical (unpaired) electrons. The molecule has 0 spiro atoms. The van der Waals surface area contributed by atoms with Crippen LogP contribution in [0.5, 0.6) is 0 Å². The molecule has 100 valence electrons. The van der Waals surface area contributed by atoms with E-state index in [-0.39, 0.29) is 6.54 Å². The SMILES string of the molecule is O=Cc1n[nH]c2c1CCCN(CCC(F)(F)F)C2. The van der Waals surface area contributed by atoms with E-state index in [4.69, 9.17) is 0 Å². The summed E-state index contributed by atoms with van der Waals surface area (Å²) in [5, 5.41) is 6.60. The Kier molecular flexibility index (Phi) is 3.70. The van der Waals surface area contributed by atoms with Gasteiger partial charge in [-0.1, -0.05) is 0 Å². The van der Waals surface area contributed by atoms with Crippen LogP contribution in [0.1, 0.15) is 34.6 Å². The van der Waals surface area contributed by atoms with E-state index < -0.39 is 12.6 Å². The molecule has 2 rings (SSSR count). The first-order valence-corrected chi connectivity index (χ1v) is 5.80. The highest BCUT2D eigenvalue weighted by atomic mass is 19.4. The fourth-order valence-corrected chi connectivity index (χ4v) is 2.18. The van der Waals surface area contributed by atoms with Crippen molar-refractivity contribution in [1.82, 2.24) is 15.1 Å². The van der Waals surface area contributed by atoms with Gasteiger partial charge in [0.25, 0.3) is 0 Å². The molecule has 0 saturated heterocycles. The number of nitrogens with zero attached hydrogens (tertiary/aromatic N) is 2. The summed E-state index contributed by atoms with van der Waals surface area (Å²) >= 11 is 0. The lowest BCUT2D eigenvalue weighted by atomic mass is 10.1. The van der Waals surface area contributed by atoms with E-state index in [0.717, 1.165) is 17.7 Å². The fraction of sp³-hybridized carbons (Fsp3) is 0.636. The molecule has 0 fully saturated rings. The van der Waals surface area contributed by atoms with Gasteiger partial charge < -0.3 is 0 Å². The van der Waals surface area contributed by atoms with E-state index >= 15 is 0 Å². The summed E-state index contributed by atoms with van der Waals surface area (Å²) in [4.78, 5) is 12.5. The molecule has 1 aliphatic heterocycles. The molecule has 18 heavy (non-hydrogen) atoms. The van der Waals surface area contributed by atoms with Gasteiger partial charge in [0.05, 0.1) is 12.1 Å². The monoisotopic (exact) mass is 261 g/mol. The van der Waals surface area contributed by atoms with E-state index in [2.05, 4.69) is 10.2 Å². The smallest absolute Gasteiger partial charge is 0.297 e. The summed E-state index contributed by atoms with van der Waals surface area (Å²) < 4.78 is 36.5. The van der Waals surface area contributed by atoms with Crippen LogP contribution in [0.15, 0.2) is 0 Å². The van der Waals surface area contributed by atoms with Crippen LogP contribution in [0.25, 0.3) is 0 Å². The number of aromatic nitrogens is 2. The molecule has 0 unspecified atom stereocenters. The number of hydrogen-bond acceptors (Lipinski definition) is 3. The maximum absolute atomic E-state index is 12.2. The number of nitrogens with one attached hydrogen (secondary N) is 1. The molecule has 0 saturated carbocycles. The van der Waals surface area contributed by atoms with Crippen molar-refractivity contribution in [1.29, 1.82) is 0 Å². The van der Waals surface area contributed by atoms with Gasteiger partial charge in [0.1, 0.15) is 5.69 Å². The van der Waals surface area contributed by atoms with Gasteiger partial charge in [-0.3, -0.25) is 14.8 Å². The van der Waals surface area contributed by atoms with Crippen molar-refractivity contribution in [3.63, 3.8) is 0 Å². The van der Waals surface area contributed by atoms with Crippen LogP contribution in [0.3, 0.4) is 0 Å². The highest BCUT2D eigenvalue weighted by molar-refractivity contribution is 5.74. The minimum atomic E-state index is -4.13. The average Bonchev–Trinajstić information content (AvgIpc) is 2.55. The van der Waals surface area contributed by atoms with Gasteiger partial charge in [-0.15, -0.1) is 0 Å². The molecule has 1 aromatic heterocycles. The standard InChI is InChI=1S/C11H14F3N3O/c12-11(13,14)3-5-17-4-1-2-8-9(6-17)15-16-10(8)7-18/h7H,1-6H2,(H,15,16). The highest BCUT2D eigenvalue weighted by Crippen LogP contribution is 2.23. The van der Waals surface area contributed by atoms with Gasteiger partial charge >= 0.3 is 6.18 Å². The van der Waals surface area contributed by atoms with E-state index in [0.29, 0.717) is 31.5 Å². The summed E-state index contributed by atoms with van der Waals surface area (Å²) in [6.45, 7) is 0.988. The van der Waals surface area contributed by atoms with Crippen LogP contribution >= 0.6 is 0 Å². The van der Waals surface area contributed by atoms with Crippen LogP contribution in [0.4, 0.5) is 13.2 Å². The number of carbonyl (C=O) groups excluding carboxylic acids is 1. The van der Waals surface area contributed by atoms with Crippen molar-refractivity contribution in [3.8, 4) is 0 Å². The predicted molar refractivity (Wildman–Crippen MR) is 58.2 cm³/mol. The third kappa shape index (κ3) is 3.10. The van der Waals surface area contributed by atoms with Crippen molar-refractivity contribution in [2.45, 2.75) is 32.0 Å². The molecule has 7 heteroatoms. The van der Waals surface area contributed by atoms with Gasteiger partial charge in [-0.2, -0.15) is 18.3 Å². The zero-order valence-electron chi connectivity index (χ0n) is 9.76. The minimum Gasteiger partial charge on any atom is -0.297 e. The Morgan fingerprint density at radius 3 is 2.89 bits per heavy atom. The van der Waals surface area contributed by atoms with Gasteiger partial charge in [0.2, 0.25) is 0 Å². The highest BCUT2D eigenvalue weighted by Gasteiger charge is 2.28. The summed E-state index contributed by atoms with van der Waals surface area (Å²) in [5.74, 6) is 0. The molecule has 4 nitrogen and oxygen atoms in total. The lowest BCUT2D eigenvalue weighted by molar-refractivity contribution is -0.138. The van der Waals surface area contributed by atoms with Crippen LogP contribution in [-0.2, 0) is 13.0 Å². The van der Waals surface area contributed by atoms with Crippen molar-refractivity contribution in [3.05, 3.63) is 17.0 Å². The number of H-pyrrole nitrogens is 1. The van der Waals surface area contributed by atoms with Crippen molar-refractivity contribution in [2.24, 2.45) is 0 Å². The number of hydrogen-bond donors (Lipinski definition) is 1. The van der Waals surface area contributed by atoms with Crippen LogP contribution in [0, 0.1) is 0 Å². The first-order chi connectivity index (χ1) is 8.49. The summed E-state index contributed by atoms with van der Waals surface area (Å²) in [6, 6.07) is 0. The Hall–Kier alpha value is -1.37. The van der Waals surface area contributed by atoms with Crippen LogP contribution in [-0.4, -0.2) is 40.6 Å². The van der Waals surface area contributed by atoms with Gasteiger partial charge in [0, 0.05) is 18.7 Å². The first kappa shape index (κ1) is 13.1. The number of carbonyl (C=O) groups is 1. The van der Waals surface area contributed by atoms with Crippen LogP contribution < -0.4 is 0 Å². The van der Waals surface area contributed by atoms with Gasteiger partial charge in [-0.05, 0) is 19.4 Å². The third-order valence-electron chi connectivity index (χ3n) is 3.09. The molecule has 0 bridgehead atoms. The van der Waals surface area contributed by atoms with Crippen LogP contribution in [0.2, 0.25) is 0 Å².